The average Bonchev–Trinajstić information content (AvgIpc) is 3.25. The van der Waals surface area contributed by atoms with Crippen molar-refractivity contribution in [1.82, 2.24) is 29.8 Å². The second-order valence-electron chi connectivity index (χ2n) is 5.66. The molecule has 4 rings (SSSR count). The summed E-state index contributed by atoms with van der Waals surface area (Å²) in [6.07, 6.45) is 0. The lowest BCUT2D eigenvalue weighted by molar-refractivity contribution is 0.414. The average molecular weight is 364 g/mol. The minimum Gasteiger partial charge on any atom is -0.497 e. The second-order valence-corrected chi connectivity index (χ2v) is 6.04. The molecule has 0 radical (unpaired) electrons. The van der Waals surface area contributed by atoms with Gasteiger partial charge in [-0.15, -0.1) is 5.10 Å². The van der Waals surface area contributed by atoms with E-state index in [-0.39, 0.29) is 0 Å². The fraction of sp³-hybridized carbons (Fsp3) is 0.111. The zero-order valence-corrected chi connectivity index (χ0v) is 15.1. The molecule has 0 atom stereocenters. The number of H-pyrrole nitrogens is 1. The van der Waals surface area contributed by atoms with Crippen molar-refractivity contribution in [2.75, 3.05) is 7.11 Å². The summed E-state index contributed by atoms with van der Waals surface area (Å²) in [6, 6.07) is 17.4. The van der Waals surface area contributed by atoms with Gasteiger partial charge in [0.05, 0.1) is 24.2 Å². The number of rotatable bonds is 4. The largest absolute Gasteiger partial charge is 0.497 e. The first kappa shape index (κ1) is 16.2. The molecule has 0 unspecified atom stereocenters. The van der Waals surface area contributed by atoms with Crippen molar-refractivity contribution in [3.63, 3.8) is 0 Å². The van der Waals surface area contributed by atoms with E-state index in [1.807, 2.05) is 66.1 Å². The number of ether oxygens (including phenoxy) is 1. The smallest absolute Gasteiger partial charge is 0.200 e. The Bertz CT molecular complexity index is 1090. The Balaban J connectivity index is 1.83. The zero-order valence-electron chi connectivity index (χ0n) is 14.2. The molecule has 1 N–H and O–H groups in total. The number of benzene rings is 2. The van der Waals surface area contributed by atoms with Crippen LogP contribution < -0.4 is 4.74 Å². The molecular formula is C18H16N6OS. The second kappa shape index (κ2) is 6.57. The van der Waals surface area contributed by atoms with Crippen LogP contribution in [-0.4, -0.2) is 36.9 Å². The molecule has 0 bridgehead atoms. The van der Waals surface area contributed by atoms with Crippen molar-refractivity contribution < 1.29 is 4.74 Å². The number of hydrogen-bond donors (Lipinski definition) is 1. The van der Waals surface area contributed by atoms with Gasteiger partial charge in [-0.25, -0.2) is 4.68 Å². The van der Waals surface area contributed by atoms with Crippen molar-refractivity contribution >= 4 is 12.2 Å². The van der Waals surface area contributed by atoms with Crippen molar-refractivity contribution in [2.45, 2.75) is 6.92 Å². The first-order chi connectivity index (χ1) is 12.7. The van der Waals surface area contributed by atoms with Gasteiger partial charge in [0.2, 0.25) is 0 Å². The number of nitrogens with one attached hydrogen (secondary N) is 1. The molecule has 0 saturated heterocycles. The summed E-state index contributed by atoms with van der Waals surface area (Å²) in [4.78, 5) is 0. The van der Waals surface area contributed by atoms with E-state index in [0.29, 0.717) is 16.3 Å². The summed E-state index contributed by atoms with van der Waals surface area (Å²) in [7, 11) is 1.63. The highest BCUT2D eigenvalue weighted by atomic mass is 32.1. The Morgan fingerprint density at radius 1 is 1.00 bits per heavy atom. The quantitative estimate of drug-likeness (QED) is 0.561. The van der Waals surface area contributed by atoms with Gasteiger partial charge in [-0.2, -0.15) is 5.10 Å². The first-order valence-electron chi connectivity index (χ1n) is 7.99. The number of methoxy groups -OCH3 is 1. The van der Waals surface area contributed by atoms with Crippen LogP contribution in [0.3, 0.4) is 0 Å². The highest BCUT2D eigenvalue weighted by Crippen LogP contribution is 2.25. The lowest BCUT2D eigenvalue weighted by Crippen LogP contribution is -2.01. The van der Waals surface area contributed by atoms with Gasteiger partial charge >= 0.3 is 0 Å². The minimum atomic E-state index is 0.485. The van der Waals surface area contributed by atoms with Crippen LogP contribution in [0, 0.1) is 11.7 Å². The molecule has 0 amide bonds. The minimum absolute atomic E-state index is 0.485. The normalized spacial score (nSPS) is 10.8. The number of aromatic nitrogens is 6. The Labute approximate surface area is 154 Å². The molecule has 0 aliphatic rings. The predicted octanol–water partition coefficient (Wildman–Crippen LogP) is 3.49. The predicted molar refractivity (Wildman–Crippen MR) is 100 cm³/mol. The van der Waals surface area contributed by atoms with E-state index < -0.39 is 0 Å². The SMILES string of the molecule is COc1ccc(-n2c(-c3nnn(-c4ccccc4)c3C)n[nH]c2=S)cc1. The number of nitrogens with zero attached hydrogens (tertiary/aromatic N) is 5. The summed E-state index contributed by atoms with van der Waals surface area (Å²) in [5.41, 5.74) is 3.35. The van der Waals surface area contributed by atoms with E-state index in [4.69, 9.17) is 17.0 Å². The van der Waals surface area contributed by atoms with Crippen molar-refractivity contribution in [2.24, 2.45) is 0 Å². The molecule has 7 nitrogen and oxygen atoms in total. The molecule has 0 fully saturated rings. The third-order valence-corrected chi connectivity index (χ3v) is 4.38. The number of hydrogen-bond acceptors (Lipinski definition) is 5. The molecule has 0 aliphatic carbocycles. The van der Waals surface area contributed by atoms with Crippen LogP contribution in [0.5, 0.6) is 5.75 Å². The highest BCUT2D eigenvalue weighted by molar-refractivity contribution is 7.71. The van der Waals surface area contributed by atoms with E-state index in [0.717, 1.165) is 22.8 Å². The fourth-order valence-corrected chi connectivity index (χ4v) is 3.01. The lowest BCUT2D eigenvalue weighted by Gasteiger charge is -2.07. The van der Waals surface area contributed by atoms with E-state index in [1.54, 1.807) is 11.8 Å². The molecule has 2 aromatic carbocycles. The van der Waals surface area contributed by atoms with Gasteiger partial charge in [0.25, 0.3) is 0 Å². The van der Waals surface area contributed by atoms with Crippen LogP contribution in [0.25, 0.3) is 22.9 Å². The molecule has 0 spiro atoms. The maximum atomic E-state index is 5.42. The summed E-state index contributed by atoms with van der Waals surface area (Å²) >= 11 is 5.42. The molecule has 2 heterocycles. The Morgan fingerprint density at radius 2 is 1.73 bits per heavy atom. The van der Waals surface area contributed by atoms with Crippen LogP contribution in [0.4, 0.5) is 0 Å². The van der Waals surface area contributed by atoms with Crippen molar-refractivity contribution in [1.29, 1.82) is 0 Å². The van der Waals surface area contributed by atoms with Gasteiger partial charge in [-0.05, 0) is 55.5 Å². The molecular weight excluding hydrogens is 348 g/mol. The summed E-state index contributed by atoms with van der Waals surface area (Å²) < 4.78 is 9.32. The Morgan fingerprint density at radius 3 is 2.42 bits per heavy atom. The third kappa shape index (κ3) is 2.70. The van der Waals surface area contributed by atoms with Crippen LogP contribution in [0.2, 0.25) is 0 Å². The van der Waals surface area contributed by atoms with Gasteiger partial charge in [0, 0.05) is 0 Å². The van der Waals surface area contributed by atoms with Gasteiger partial charge in [-0.3, -0.25) is 9.67 Å². The maximum Gasteiger partial charge on any atom is 0.200 e. The van der Waals surface area contributed by atoms with Crippen LogP contribution in [0.15, 0.2) is 54.6 Å². The monoisotopic (exact) mass is 364 g/mol. The Kier molecular flexibility index (Phi) is 4.10. The molecule has 2 aromatic heterocycles. The molecule has 26 heavy (non-hydrogen) atoms. The highest BCUT2D eigenvalue weighted by Gasteiger charge is 2.19. The van der Waals surface area contributed by atoms with E-state index in [1.165, 1.54) is 0 Å². The Hall–Kier alpha value is -3.26. The maximum absolute atomic E-state index is 5.42. The van der Waals surface area contributed by atoms with E-state index in [2.05, 4.69) is 20.5 Å². The summed E-state index contributed by atoms with van der Waals surface area (Å²) in [6.45, 7) is 1.96. The van der Waals surface area contributed by atoms with Crippen molar-refractivity contribution in [3.8, 4) is 28.6 Å². The van der Waals surface area contributed by atoms with E-state index >= 15 is 0 Å². The van der Waals surface area contributed by atoms with Gasteiger partial charge < -0.3 is 4.74 Å². The topological polar surface area (TPSA) is 73.5 Å². The zero-order chi connectivity index (χ0) is 18.1. The summed E-state index contributed by atoms with van der Waals surface area (Å²) in [5, 5.41) is 15.8. The molecule has 0 aliphatic heterocycles. The molecule has 4 aromatic rings. The number of para-hydroxylation sites is 1. The van der Waals surface area contributed by atoms with Crippen LogP contribution >= 0.6 is 12.2 Å². The third-order valence-electron chi connectivity index (χ3n) is 4.11. The fourth-order valence-electron chi connectivity index (χ4n) is 2.78. The first-order valence-corrected chi connectivity index (χ1v) is 8.40. The molecule has 8 heteroatoms. The van der Waals surface area contributed by atoms with Crippen molar-refractivity contribution in [3.05, 3.63) is 65.1 Å². The number of aromatic amines is 1. The van der Waals surface area contributed by atoms with Crippen LogP contribution in [0.1, 0.15) is 5.69 Å². The van der Waals surface area contributed by atoms with Gasteiger partial charge in [0.15, 0.2) is 16.3 Å². The van der Waals surface area contributed by atoms with E-state index in [9.17, 15) is 0 Å². The summed E-state index contributed by atoms with van der Waals surface area (Å²) in [5.74, 6) is 1.39. The lowest BCUT2D eigenvalue weighted by atomic mass is 10.2. The van der Waals surface area contributed by atoms with Gasteiger partial charge in [0.1, 0.15) is 5.75 Å². The molecule has 130 valence electrons. The molecule has 0 saturated carbocycles. The van der Waals surface area contributed by atoms with Gasteiger partial charge in [-0.1, -0.05) is 23.4 Å². The van der Waals surface area contributed by atoms with Crippen LogP contribution in [-0.2, 0) is 0 Å². The standard InChI is InChI=1S/C18H16N6OS/c1-12-16(19-22-24(12)14-6-4-3-5-7-14)17-20-21-18(26)23(17)13-8-10-15(25-2)11-9-13/h3-11H,1-2H3,(H,21,26).